The number of nitro benzene ring substituents is 1. The summed E-state index contributed by atoms with van der Waals surface area (Å²) in [6.07, 6.45) is 0.736. The molecule has 0 amide bonds. The molecule has 1 aromatic carbocycles. The predicted molar refractivity (Wildman–Crippen MR) is 75.9 cm³/mol. The third-order valence-corrected chi connectivity index (χ3v) is 5.48. The standard InChI is InChI=1S/C12H17N3O5S/c1-14(9-5-6-13-8-9)21(18,19)10-3-4-11(15(16)17)12(7-10)20-2/h3-4,7,9,13H,5-6,8H2,1-2H3. The third kappa shape index (κ3) is 2.99. The number of rotatable bonds is 5. The molecule has 2 rings (SSSR count). The highest BCUT2D eigenvalue weighted by Gasteiger charge is 2.31. The maximum absolute atomic E-state index is 12.5. The summed E-state index contributed by atoms with van der Waals surface area (Å²) in [4.78, 5) is 10.2. The van der Waals surface area contributed by atoms with E-state index in [1.165, 1.54) is 30.6 Å². The topological polar surface area (TPSA) is 102 Å². The summed E-state index contributed by atoms with van der Waals surface area (Å²) in [5.74, 6) is -0.0704. The molecular weight excluding hydrogens is 298 g/mol. The fraction of sp³-hybridized carbons (Fsp3) is 0.500. The first kappa shape index (κ1) is 15.7. The molecule has 1 unspecified atom stereocenters. The fourth-order valence-electron chi connectivity index (χ4n) is 2.28. The van der Waals surface area contributed by atoms with Crippen LogP contribution in [0.5, 0.6) is 5.75 Å². The van der Waals surface area contributed by atoms with Gasteiger partial charge >= 0.3 is 5.69 Å². The number of sulfonamides is 1. The molecular formula is C12H17N3O5S. The van der Waals surface area contributed by atoms with Gasteiger partial charge in [-0.15, -0.1) is 0 Å². The lowest BCUT2D eigenvalue weighted by atomic mass is 10.3. The number of nitrogens with zero attached hydrogens (tertiary/aromatic N) is 2. The van der Waals surface area contributed by atoms with Crippen molar-refractivity contribution in [3.8, 4) is 5.75 Å². The molecule has 0 spiro atoms. The minimum absolute atomic E-state index is 0.0145. The van der Waals surface area contributed by atoms with Crippen LogP contribution >= 0.6 is 0 Å². The number of nitro groups is 1. The summed E-state index contributed by atoms with van der Waals surface area (Å²) in [6, 6.07) is 3.45. The van der Waals surface area contributed by atoms with Gasteiger partial charge in [0.05, 0.1) is 16.9 Å². The Morgan fingerprint density at radius 3 is 2.71 bits per heavy atom. The number of likely N-dealkylation sites (N-methyl/N-ethyl adjacent to an activating group) is 1. The van der Waals surface area contributed by atoms with Gasteiger partial charge < -0.3 is 10.1 Å². The normalized spacial score (nSPS) is 18.9. The molecule has 21 heavy (non-hydrogen) atoms. The second-order valence-electron chi connectivity index (χ2n) is 4.76. The first-order valence-corrected chi connectivity index (χ1v) is 7.83. The SMILES string of the molecule is COc1cc(S(=O)(=O)N(C)C2CCNC2)ccc1[N+](=O)[O-]. The van der Waals surface area contributed by atoms with Gasteiger partial charge in [0, 0.05) is 31.8 Å². The molecule has 1 N–H and O–H groups in total. The van der Waals surface area contributed by atoms with E-state index in [-0.39, 0.29) is 22.4 Å². The minimum Gasteiger partial charge on any atom is -0.490 e. The van der Waals surface area contributed by atoms with Gasteiger partial charge in [-0.05, 0) is 19.0 Å². The van der Waals surface area contributed by atoms with Crippen molar-refractivity contribution in [2.45, 2.75) is 17.4 Å². The lowest BCUT2D eigenvalue weighted by Crippen LogP contribution is -2.38. The first-order valence-electron chi connectivity index (χ1n) is 6.39. The van der Waals surface area contributed by atoms with Crippen LogP contribution in [0.4, 0.5) is 5.69 Å². The molecule has 0 saturated carbocycles. The highest BCUT2D eigenvalue weighted by molar-refractivity contribution is 7.89. The molecule has 116 valence electrons. The third-order valence-electron chi connectivity index (χ3n) is 3.57. The average molecular weight is 315 g/mol. The Morgan fingerprint density at radius 2 is 2.19 bits per heavy atom. The Kier molecular flexibility index (Phi) is 4.45. The second kappa shape index (κ2) is 5.96. The maximum atomic E-state index is 12.5. The summed E-state index contributed by atoms with van der Waals surface area (Å²) in [7, 11) is -0.925. The minimum atomic E-state index is -3.71. The molecule has 0 aromatic heterocycles. The summed E-state index contributed by atoms with van der Waals surface area (Å²) in [6.45, 7) is 1.37. The quantitative estimate of drug-likeness (QED) is 0.630. The highest BCUT2D eigenvalue weighted by Crippen LogP contribution is 2.31. The van der Waals surface area contributed by atoms with Crippen molar-refractivity contribution < 1.29 is 18.1 Å². The van der Waals surface area contributed by atoms with Crippen molar-refractivity contribution in [1.29, 1.82) is 0 Å². The Bertz CT molecular complexity index is 640. The number of ether oxygens (including phenoxy) is 1. The van der Waals surface area contributed by atoms with Crippen molar-refractivity contribution in [1.82, 2.24) is 9.62 Å². The van der Waals surface area contributed by atoms with Crippen molar-refractivity contribution in [3.63, 3.8) is 0 Å². The summed E-state index contributed by atoms with van der Waals surface area (Å²) in [5.41, 5.74) is -0.262. The molecule has 0 aliphatic carbocycles. The van der Waals surface area contributed by atoms with Crippen LogP contribution in [0.2, 0.25) is 0 Å². The van der Waals surface area contributed by atoms with Crippen LogP contribution in [0.25, 0.3) is 0 Å². The van der Waals surface area contributed by atoms with Crippen LogP contribution in [0.3, 0.4) is 0 Å². The molecule has 1 aliphatic rings. The van der Waals surface area contributed by atoms with Crippen LogP contribution in [-0.4, -0.2) is 50.9 Å². The van der Waals surface area contributed by atoms with Crippen molar-refractivity contribution in [2.75, 3.05) is 27.2 Å². The zero-order valence-corrected chi connectivity index (χ0v) is 12.6. The zero-order valence-electron chi connectivity index (χ0n) is 11.8. The summed E-state index contributed by atoms with van der Waals surface area (Å²) < 4.78 is 31.3. The monoisotopic (exact) mass is 315 g/mol. The molecule has 1 heterocycles. The van der Waals surface area contributed by atoms with Crippen molar-refractivity contribution in [3.05, 3.63) is 28.3 Å². The lowest BCUT2D eigenvalue weighted by Gasteiger charge is -2.23. The Morgan fingerprint density at radius 1 is 1.48 bits per heavy atom. The van der Waals surface area contributed by atoms with Gasteiger partial charge in [0.1, 0.15) is 0 Å². The summed E-state index contributed by atoms with van der Waals surface area (Å²) in [5, 5.41) is 13.9. The number of hydrogen-bond donors (Lipinski definition) is 1. The fourth-order valence-corrected chi connectivity index (χ4v) is 3.68. The van der Waals surface area contributed by atoms with Gasteiger partial charge in [-0.1, -0.05) is 0 Å². The van der Waals surface area contributed by atoms with Crippen molar-refractivity contribution in [2.24, 2.45) is 0 Å². The van der Waals surface area contributed by atoms with Gasteiger partial charge in [0.25, 0.3) is 0 Å². The molecule has 1 fully saturated rings. The van der Waals surface area contributed by atoms with Crippen molar-refractivity contribution >= 4 is 15.7 Å². The smallest absolute Gasteiger partial charge is 0.310 e. The van der Waals surface area contributed by atoms with Crippen LogP contribution in [-0.2, 0) is 10.0 Å². The van der Waals surface area contributed by atoms with E-state index < -0.39 is 14.9 Å². The van der Waals surface area contributed by atoms with Gasteiger partial charge in [-0.25, -0.2) is 8.42 Å². The highest BCUT2D eigenvalue weighted by atomic mass is 32.2. The zero-order chi connectivity index (χ0) is 15.6. The van der Waals surface area contributed by atoms with E-state index in [4.69, 9.17) is 4.74 Å². The number of hydrogen-bond acceptors (Lipinski definition) is 6. The number of nitrogens with one attached hydrogen (secondary N) is 1. The predicted octanol–water partition coefficient (Wildman–Crippen LogP) is 0.586. The van der Waals surface area contributed by atoms with E-state index in [0.717, 1.165) is 19.0 Å². The molecule has 9 heteroatoms. The molecule has 1 aromatic rings. The van der Waals surface area contributed by atoms with E-state index >= 15 is 0 Å². The largest absolute Gasteiger partial charge is 0.490 e. The van der Waals surface area contributed by atoms with E-state index in [9.17, 15) is 18.5 Å². The number of methoxy groups -OCH3 is 1. The Labute approximate surface area is 122 Å². The van der Waals surface area contributed by atoms with E-state index in [2.05, 4.69) is 5.32 Å². The van der Waals surface area contributed by atoms with Gasteiger partial charge in [0.2, 0.25) is 10.0 Å². The second-order valence-corrected chi connectivity index (χ2v) is 6.76. The molecule has 1 aliphatic heterocycles. The van der Waals surface area contributed by atoms with Crippen LogP contribution in [0.1, 0.15) is 6.42 Å². The molecule has 0 radical (unpaired) electrons. The number of benzene rings is 1. The molecule has 1 saturated heterocycles. The van der Waals surface area contributed by atoms with Gasteiger partial charge in [-0.3, -0.25) is 10.1 Å². The Balaban J connectivity index is 2.38. The van der Waals surface area contributed by atoms with Gasteiger partial charge in [-0.2, -0.15) is 4.31 Å². The van der Waals surface area contributed by atoms with E-state index in [1.807, 2.05) is 0 Å². The average Bonchev–Trinajstić information content (AvgIpc) is 2.99. The lowest BCUT2D eigenvalue weighted by molar-refractivity contribution is -0.385. The first-order chi connectivity index (χ1) is 9.87. The Hall–Kier alpha value is -1.71. The van der Waals surface area contributed by atoms with Gasteiger partial charge in [0.15, 0.2) is 5.75 Å². The summed E-state index contributed by atoms with van der Waals surface area (Å²) >= 11 is 0. The van der Waals surface area contributed by atoms with E-state index in [0.29, 0.717) is 6.54 Å². The molecule has 1 atom stereocenters. The molecule has 8 nitrogen and oxygen atoms in total. The van der Waals surface area contributed by atoms with Crippen LogP contribution in [0, 0.1) is 10.1 Å². The van der Waals surface area contributed by atoms with E-state index in [1.54, 1.807) is 0 Å². The molecule has 0 bridgehead atoms. The maximum Gasteiger partial charge on any atom is 0.310 e. The van der Waals surface area contributed by atoms with Crippen LogP contribution < -0.4 is 10.1 Å². The van der Waals surface area contributed by atoms with Crippen LogP contribution in [0.15, 0.2) is 23.1 Å².